The van der Waals surface area contributed by atoms with Gasteiger partial charge in [-0.1, -0.05) is 23.7 Å². The minimum Gasteiger partial charge on any atom is -0.478 e. The van der Waals surface area contributed by atoms with E-state index in [2.05, 4.69) is 0 Å². The van der Waals surface area contributed by atoms with Crippen LogP contribution in [-0.4, -0.2) is 11.1 Å². The summed E-state index contributed by atoms with van der Waals surface area (Å²) in [5.74, 6) is -1.58. The molecule has 0 saturated carbocycles. The van der Waals surface area contributed by atoms with Gasteiger partial charge in [0.1, 0.15) is 10.2 Å². The topological polar surface area (TPSA) is 37.3 Å². The van der Waals surface area contributed by atoms with Crippen LogP contribution < -0.4 is 0 Å². The highest BCUT2D eigenvalue weighted by molar-refractivity contribution is 7.23. The molecule has 2 aromatic rings. The molecular weight excluding hydrogens is 227 g/mol. The van der Waals surface area contributed by atoms with Crippen molar-refractivity contribution in [2.75, 3.05) is 0 Å². The summed E-state index contributed by atoms with van der Waals surface area (Å²) in [6.07, 6.45) is 0. The van der Waals surface area contributed by atoms with Crippen molar-refractivity contribution < 1.29 is 14.3 Å². The van der Waals surface area contributed by atoms with Crippen LogP contribution in [0.2, 0.25) is 4.34 Å². The van der Waals surface area contributed by atoms with Crippen LogP contribution >= 0.6 is 22.9 Å². The summed E-state index contributed by atoms with van der Waals surface area (Å²) in [6, 6.07) is 4.29. The number of fused-ring (bicyclic) bond motifs is 1. The lowest BCUT2D eigenvalue weighted by atomic mass is 10.2. The minimum atomic E-state index is -1.13. The zero-order chi connectivity index (χ0) is 10.3. The van der Waals surface area contributed by atoms with E-state index in [0.717, 1.165) is 11.3 Å². The van der Waals surface area contributed by atoms with E-state index in [0.29, 0.717) is 5.39 Å². The molecule has 2 rings (SSSR count). The molecule has 0 aliphatic rings. The fourth-order valence-corrected chi connectivity index (χ4v) is 2.59. The minimum absolute atomic E-state index is 0.0221. The van der Waals surface area contributed by atoms with Gasteiger partial charge >= 0.3 is 5.97 Å². The van der Waals surface area contributed by atoms with Gasteiger partial charge in [0.25, 0.3) is 0 Å². The van der Waals surface area contributed by atoms with Crippen molar-refractivity contribution >= 4 is 39.0 Å². The molecule has 0 saturated heterocycles. The molecular formula is C9H4ClFO2S. The third kappa shape index (κ3) is 1.27. The van der Waals surface area contributed by atoms with Gasteiger partial charge < -0.3 is 5.11 Å². The summed E-state index contributed by atoms with van der Waals surface area (Å²) in [4.78, 5) is 10.8. The van der Waals surface area contributed by atoms with E-state index in [1.165, 1.54) is 12.1 Å². The standard InChI is InChI=1S/C9H4ClFO2S/c10-8-6(9(12)13)4-2-1-3-5(11)7(4)14-8/h1-3H,(H,12,13). The molecule has 5 heteroatoms. The molecule has 0 aliphatic heterocycles. The maximum atomic E-state index is 13.2. The molecule has 2 nitrogen and oxygen atoms in total. The highest BCUT2D eigenvalue weighted by Crippen LogP contribution is 2.36. The van der Waals surface area contributed by atoms with Crippen molar-refractivity contribution in [2.45, 2.75) is 0 Å². The molecule has 1 aromatic carbocycles. The third-order valence-corrected chi connectivity index (χ3v) is 3.26. The molecule has 0 amide bonds. The third-order valence-electron chi connectivity index (χ3n) is 1.84. The number of carboxylic acids is 1. The summed E-state index contributed by atoms with van der Waals surface area (Å²) in [6.45, 7) is 0. The predicted molar refractivity (Wildman–Crippen MR) is 53.8 cm³/mol. The van der Waals surface area contributed by atoms with Gasteiger partial charge in [0, 0.05) is 5.39 Å². The molecule has 0 fully saturated rings. The number of halogens is 2. The SMILES string of the molecule is O=C(O)c1c(Cl)sc2c(F)cccc12. The molecule has 0 spiro atoms. The van der Waals surface area contributed by atoms with Crippen LogP contribution in [0.25, 0.3) is 10.1 Å². The van der Waals surface area contributed by atoms with Gasteiger partial charge in [-0.2, -0.15) is 0 Å². The number of carbonyl (C=O) groups is 1. The van der Waals surface area contributed by atoms with E-state index in [9.17, 15) is 9.18 Å². The molecule has 1 N–H and O–H groups in total. The van der Waals surface area contributed by atoms with Crippen LogP contribution in [0, 0.1) is 5.82 Å². The van der Waals surface area contributed by atoms with Crippen molar-refractivity contribution in [3.8, 4) is 0 Å². The first kappa shape index (κ1) is 9.43. The lowest BCUT2D eigenvalue weighted by molar-refractivity contribution is 0.0699. The maximum Gasteiger partial charge on any atom is 0.338 e. The van der Waals surface area contributed by atoms with E-state index in [1.54, 1.807) is 6.07 Å². The zero-order valence-electron chi connectivity index (χ0n) is 6.75. The summed E-state index contributed by atoms with van der Waals surface area (Å²) in [5, 5.41) is 9.20. The monoisotopic (exact) mass is 230 g/mol. The number of aromatic carboxylic acids is 1. The Labute approximate surface area is 87.5 Å². The average molecular weight is 231 g/mol. The fourth-order valence-electron chi connectivity index (χ4n) is 1.26. The first-order valence-corrected chi connectivity index (χ1v) is 4.90. The summed E-state index contributed by atoms with van der Waals surface area (Å²) < 4.78 is 13.6. The second-order valence-electron chi connectivity index (χ2n) is 2.67. The Balaban J connectivity index is 2.90. The summed E-state index contributed by atoms with van der Waals surface area (Å²) in [7, 11) is 0. The summed E-state index contributed by atoms with van der Waals surface area (Å²) >= 11 is 6.65. The molecule has 72 valence electrons. The Bertz CT molecular complexity index is 521. The molecule has 0 aliphatic carbocycles. The lowest BCUT2D eigenvalue weighted by Crippen LogP contribution is -1.94. The second-order valence-corrected chi connectivity index (χ2v) is 4.30. The van der Waals surface area contributed by atoms with E-state index in [1.807, 2.05) is 0 Å². The predicted octanol–water partition coefficient (Wildman–Crippen LogP) is 3.39. The van der Waals surface area contributed by atoms with Gasteiger partial charge in [0.2, 0.25) is 0 Å². The first-order chi connectivity index (χ1) is 6.61. The Morgan fingerprint density at radius 2 is 2.21 bits per heavy atom. The van der Waals surface area contributed by atoms with Crippen molar-refractivity contribution in [1.29, 1.82) is 0 Å². The molecule has 14 heavy (non-hydrogen) atoms. The number of rotatable bonds is 1. The fraction of sp³-hybridized carbons (Fsp3) is 0. The zero-order valence-corrected chi connectivity index (χ0v) is 8.32. The first-order valence-electron chi connectivity index (χ1n) is 3.71. The van der Waals surface area contributed by atoms with Gasteiger partial charge in [-0.3, -0.25) is 0 Å². The number of thiophene rings is 1. The normalized spacial score (nSPS) is 10.7. The van der Waals surface area contributed by atoms with E-state index in [-0.39, 0.29) is 14.6 Å². The van der Waals surface area contributed by atoms with Crippen LogP contribution in [0.1, 0.15) is 10.4 Å². The van der Waals surface area contributed by atoms with Crippen LogP contribution in [0.15, 0.2) is 18.2 Å². The Kier molecular flexibility index (Phi) is 2.17. The van der Waals surface area contributed by atoms with Crippen LogP contribution in [0.5, 0.6) is 0 Å². The number of carboxylic acid groups (broad SMARTS) is 1. The van der Waals surface area contributed by atoms with Gasteiger partial charge in [-0.15, -0.1) is 11.3 Å². The highest BCUT2D eigenvalue weighted by atomic mass is 35.5. The van der Waals surface area contributed by atoms with Crippen LogP contribution in [0.3, 0.4) is 0 Å². The Morgan fingerprint density at radius 1 is 1.50 bits per heavy atom. The molecule has 0 unspecified atom stereocenters. The molecule has 1 aromatic heterocycles. The number of hydrogen-bond acceptors (Lipinski definition) is 2. The van der Waals surface area contributed by atoms with E-state index in [4.69, 9.17) is 16.7 Å². The van der Waals surface area contributed by atoms with Crippen molar-refractivity contribution in [2.24, 2.45) is 0 Å². The van der Waals surface area contributed by atoms with Crippen LogP contribution in [0.4, 0.5) is 4.39 Å². The van der Waals surface area contributed by atoms with Crippen molar-refractivity contribution in [3.05, 3.63) is 33.9 Å². The smallest absolute Gasteiger partial charge is 0.338 e. The summed E-state index contributed by atoms with van der Waals surface area (Å²) in [5.41, 5.74) is -0.0221. The molecule has 0 bridgehead atoms. The number of hydrogen-bond donors (Lipinski definition) is 1. The second kappa shape index (κ2) is 3.22. The highest BCUT2D eigenvalue weighted by Gasteiger charge is 2.18. The number of benzene rings is 1. The van der Waals surface area contributed by atoms with Gasteiger partial charge in [0.05, 0.1) is 10.3 Å². The van der Waals surface area contributed by atoms with Gasteiger partial charge in [-0.05, 0) is 6.07 Å². The quantitative estimate of drug-likeness (QED) is 0.815. The van der Waals surface area contributed by atoms with E-state index < -0.39 is 11.8 Å². The Morgan fingerprint density at radius 3 is 2.86 bits per heavy atom. The molecule has 0 radical (unpaired) electrons. The van der Waals surface area contributed by atoms with E-state index >= 15 is 0 Å². The van der Waals surface area contributed by atoms with Crippen molar-refractivity contribution in [1.82, 2.24) is 0 Å². The largest absolute Gasteiger partial charge is 0.478 e. The Hall–Kier alpha value is -1.13. The maximum absolute atomic E-state index is 13.2. The van der Waals surface area contributed by atoms with Gasteiger partial charge in [0.15, 0.2) is 0 Å². The van der Waals surface area contributed by atoms with Gasteiger partial charge in [-0.25, -0.2) is 9.18 Å². The lowest BCUT2D eigenvalue weighted by Gasteiger charge is -1.92. The average Bonchev–Trinajstić information content (AvgIpc) is 2.42. The molecule has 0 atom stereocenters. The van der Waals surface area contributed by atoms with Crippen LogP contribution in [-0.2, 0) is 0 Å². The van der Waals surface area contributed by atoms with Crippen molar-refractivity contribution in [3.63, 3.8) is 0 Å². The molecule has 1 heterocycles.